The zero-order valence-electron chi connectivity index (χ0n) is 9.75. The van der Waals surface area contributed by atoms with Crippen LogP contribution in [0.5, 0.6) is 0 Å². The van der Waals surface area contributed by atoms with E-state index in [4.69, 9.17) is 5.26 Å². The van der Waals surface area contributed by atoms with Crippen molar-refractivity contribution in [1.82, 2.24) is 24.7 Å². The summed E-state index contributed by atoms with van der Waals surface area (Å²) in [5, 5.41) is 13.0. The summed E-state index contributed by atoms with van der Waals surface area (Å²) in [6.45, 7) is 4.01. The maximum absolute atomic E-state index is 8.65. The largest absolute Gasteiger partial charge is 0.240 e. The summed E-state index contributed by atoms with van der Waals surface area (Å²) in [7, 11) is 0. The van der Waals surface area contributed by atoms with E-state index >= 15 is 0 Å². The Hall–Kier alpha value is -2.29. The van der Waals surface area contributed by atoms with Gasteiger partial charge in [-0.15, -0.1) is 5.10 Å². The highest BCUT2D eigenvalue weighted by Crippen LogP contribution is 2.07. The van der Waals surface area contributed by atoms with Gasteiger partial charge in [0.05, 0.1) is 12.4 Å². The van der Waals surface area contributed by atoms with Crippen LogP contribution in [-0.2, 0) is 12.8 Å². The molecule has 0 saturated carbocycles. The first-order chi connectivity index (χ1) is 8.28. The van der Waals surface area contributed by atoms with E-state index in [1.165, 1.54) is 12.4 Å². The quantitative estimate of drug-likeness (QED) is 0.784. The maximum Gasteiger partial charge on any atom is 0.174 e. The second-order valence-electron chi connectivity index (χ2n) is 3.43. The third-order valence-corrected chi connectivity index (χ3v) is 2.32. The summed E-state index contributed by atoms with van der Waals surface area (Å²) >= 11 is 0. The predicted octanol–water partition coefficient (Wildman–Crippen LogP) is 1.05. The minimum absolute atomic E-state index is 0.294. The molecule has 0 atom stereocenters. The average molecular weight is 228 g/mol. The fourth-order valence-corrected chi connectivity index (χ4v) is 1.44. The van der Waals surface area contributed by atoms with E-state index in [0.29, 0.717) is 11.5 Å². The highest BCUT2D eigenvalue weighted by Gasteiger charge is 2.10. The number of hydrogen-bond acceptors (Lipinski definition) is 5. The van der Waals surface area contributed by atoms with Crippen LogP contribution in [0.2, 0.25) is 0 Å². The van der Waals surface area contributed by atoms with Crippen LogP contribution < -0.4 is 0 Å². The summed E-state index contributed by atoms with van der Waals surface area (Å²) in [6.07, 6.45) is 4.52. The van der Waals surface area contributed by atoms with E-state index in [1.807, 2.05) is 19.9 Å². The zero-order chi connectivity index (χ0) is 12.3. The third-order valence-electron chi connectivity index (χ3n) is 2.32. The van der Waals surface area contributed by atoms with E-state index in [1.54, 1.807) is 4.68 Å². The molecule has 2 aromatic rings. The normalized spacial score (nSPS) is 10.2. The van der Waals surface area contributed by atoms with Crippen molar-refractivity contribution in [3.05, 3.63) is 29.7 Å². The van der Waals surface area contributed by atoms with Crippen LogP contribution in [0.3, 0.4) is 0 Å². The molecule has 6 nitrogen and oxygen atoms in total. The molecular formula is C11H12N6. The Balaban J connectivity index is 2.44. The molecule has 0 bridgehead atoms. The highest BCUT2D eigenvalue weighted by molar-refractivity contribution is 5.24. The van der Waals surface area contributed by atoms with Crippen LogP contribution in [0.25, 0.3) is 5.82 Å². The monoisotopic (exact) mass is 228 g/mol. The molecule has 0 aliphatic heterocycles. The lowest BCUT2D eigenvalue weighted by atomic mass is 10.4. The van der Waals surface area contributed by atoms with Crippen molar-refractivity contribution in [2.45, 2.75) is 26.7 Å². The molecule has 86 valence electrons. The fraction of sp³-hybridized carbons (Fsp3) is 0.364. The standard InChI is InChI=1S/C11H12N6/c1-3-9-15-10(4-2)17(16-9)11-7-13-8(5-12)6-14-11/h6-7H,3-4H2,1-2H3. The smallest absolute Gasteiger partial charge is 0.174 e. The molecule has 2 rings (SSSR count). The summed E-state index contributed by atoms with van der Waals surface area (Å²) in [4.78, 5) is 12.5. The van der Waals surface area contributed by atoms with Gasteiger partial charge in [0.2, 0.25) is 0 Å². The van der Waals surface area contributed by atoms with E-state index in [2.05, 4.69) is 20.1 Å². The van der Waals surface area contributed by atoms with Gasteiger partial charge in [0, 0.05) is 12.8 Å². The van der Waals surface area contributed by atoms with Gasteiger partial charge in [0.15, 0.2) is 17.3 Å². The van der Waals surface area contributed by atoms with Crippen molar-refractivity contribution >= 4 is 0 Å². The van der Waals surface area contributed by atoms with Crippen molar-refractivity contribution in [3.63, 3.8) is 0 Å². The second-order valence-corrected chi connectivity index (χ2v) is 3.43. The van der Waals surface area contributed by atoms with Gasteiger partial charge in [0.1, 0.15) is 11.9 Å². The predicted molar refractivity (Wildman–Crippen MR) is 60.4 cm³/mol. The molecule has 0 aromatic carbocycles. The Labute approximate surface area is 99.0 Å². The molecule has 0 aliphatic carbocycles. The average Bonchev–Trinajstić information content (AvgIpc) is 2.82. The summed E-state index contributed by atoms with van der Waals surface area (Å²) < 4.78 is 1.67. The Morgan fingerprint density at radius 2 is 2.06 bits per heavy atom. The number of rotatable bonds is 3. The Morgan fingerprint density at radius 3 is 2.59 bits per heavy atom. The molecule has 0 spiro atoms. The first-order valence-corrected chi connectivity index (χ1v) is 5.45. The Kier molecular flexibility index (Phi) is 3.10. The topological polar surface area (TPSA) is 80.3 Å². The number of hydrogen-bond donors (Lipinski definition) is 0. The van der Waals surface area contributed by atoms with Gasteiger partial charge >= 0.3 is 0 Å². The van der Waals surface area contributed by atoms with Crippen molar-refractivity contribution in [1.29, 1.82) is 5.26 Å². The van der Waals surface area contributed by atoms with E-state index in [9.17, 15) is 0 Å². The molecule has 0 aliphatic rings. The zero-order valence-corrected chi connectivity index (χ0v) is 9.75. The molecule has 17 heavy (non-hydrogen) atoms. The molecule has 0 amide bonds. The van der Waals surface area contributed by atoms with Crippen molar-refractivity contribution in [3.8, 4) is 11.9 Å². The number of nitrogens with zero attached hydrogens (tertiary/aromatic N) is 6. The first-order valence-electron chi connectivity index (χ1n) is 5.45. The van der Waals surface area contributed by atoms with Gasteiger partial charge in [-0.1, -0.05) is 13.8 Å². The molecule has 2 heterocycles. The summed E-state index contributed by atoms with van der Waals surface area (Å²) in [5.41, 5.74) is 0.294. The van der Waals surface area contributed by atoms with Crippen molar-refractivity contribution in [2.75, 3.05) is 0 Å². The van der Waals surface area contributed by atoms with Crippen LogP contribution in [0.4, 0.5) is 0 Å². The van der Waals surface area contributed by atoms with E-state index in [0.717, 1.165) is 24.5 Å². The molecule has 2 aromatic heterocycles. The first kappa shape index (κ1) is 11.2. The Bertz CT molecular complexity index is 548. The molecule has 6 heteroatoms. The lowest BCUT2D eigenvalue weighted by Crippen LogP contribution is -2.05. The Morgan fingerprint density at radius 1 is 1.24 bits per heavy atom. The van der Waals surface area contributed by atoms with Crippen LogP contribution in [-0.4, -0.2) is 24.7 Å². The molecule has 0 fully saturated rings. The van der Waals surface area contributed by atoms with Crippen LogP contribution in [0.1, 0.15) is 31.2 Å². The lowest BCUT2D eigenvalue weighted by Gasteiger charge is -2.01. The van der Waals surface area contributed by atoms with Gasteiger partial charge in [-0.05, 0) is 0 Å². The van der Waals surface area contributed by atoms with Crippen LogP contribution in [0.15, 0.2) is 12.4 Å². The van der Waals surface area contributed by atoms with Crippen LogP contribution >= 0.6 is 0 Å². The molecule has 0 N–H and O–H groups in total. The number of nitriles is 1. The highest BCUT2D eigenvalue weighted by atomic mass is 15.4. The van der Waals surface area contributed by atoms with Crippen molar-refractivity contribution in [2.24, 2.45) is 0 Å². The van der Waals surface area contributed by atoms with Gasteiger partial charge in [0.25, 0.3) is 0 Å². The molecule has 0 unspecified atom stereocenters. The van der Waals surface area contributed by atoms with Gasteiger partial charge in [-0.3, -0.25) is 0 Å². The minimum Gasteiger partial charge on any atom is -0.240 e. The maximum atomic E-state index is 8.65. The van der Waals surface area contributed by atoms with Crippen LogP contribution in [0, 0.1) is 11.3 Å². The SMILES string of the molecule is CCc1nc(CC)n(-c2cnc(C#N)cn2)n1. The lowest BCUT2D eigenvalue weighted by molar-refractivity contribution is 0.763. The van der Waals surface area contributed by atoms with E-state index in [-0.39, 0.29) is 0 Å². The third kappa shape index (κ3) is 2.13. The summed E-state index contributed by atoms with van der Waals surface area (Å²) in [5.74, 6) is 2.22. The van der Waals surface area contributed by atoms with Gasteiger partial charge in [-0.2, -0.15) is 9.94 Å². The number of aryl methyl sites for hydroxylation is 2. The molecular weight excluding hydrogens is 216 g/mol. The second kappa shape index (κ2) is 4.70. The molecule has 0 radical (unpaired) electrons. The van der Waals surface area contributed by atoms with Crippen molar-refractivity contribution < 1.29 is 0 Å². The molecule has 0 saturated heterocycles. The summed E-state index contributed by atoms with van der Waals surface area (Å²) in [6, 6.07) is 1.93. The van der Waals surface area contributed by atoms with Gasteiger partial charge < -0.3 is 0 Å². The minimum atomic E-state index is 0.294. The fourth-order valence-electron chi connectivity index (χ4n) is 1.44. The van der Waals surface area contributed by atoms with Gasteiger partial charge in [-0.25, -0.2) is 15.0 Å². The number of aromatic nitrogens is 5. The van der Waals surface area contributed by atoms with E-state index < -0.39 is 0 Å².